The molecule has 3 aromatic rings. The maximum atomic E-state index is 12.3. The molecule has 2 aromatic carbocycles. The first-order valence-electron chi connectivity index (χ1n) is 8.49. The van der Waals surface area contributed by atoms with E-state index in [1.54, 1.807) is 12.1 Å². The third kappa shape index (κ3) is 2.79. The van der Waals surface area contributed by atoms with Gasteiger partial charge in [0, 0.05) is 28.7 Å². The lowest BCUT2D eigenvalue weighted by Gasteiger charge is -2.14. The van der Waals surface area contributed by atoms with E-state index in [0.717, 1.165) is 27.9 Å². The molecule has 0 spiro atoms. The number of fused-ring (bicyclic) bond motifs is 2. The minimum Gasteiger partial charge on any atom is -0.459 e. The van der Waals surface area contributed by atoms with Crippen LogP contribution in [0.3, 0.4) is 0 Å². The van der Waals surface area contributed by atoms with Crippen LogP contribution in [-0.2, 0) is 6.54 Å². The Balaban J connectivity index is 1.47. The molecule has 1 aromatic heterocycles. The molecule has 2 heterocycles. The molecule has 26 heavy (non-hydrogen) atoms. The van der Waals surface area contributed by atoms with Crippen molar-refractivity contribution in [3.63, 3.8) is 0 Å². The van der Waals surface area contributed by atoms with Gasteiger partial charge in [0.2, 0.25) is 0 Å². The first kappa shape index (κ1) is 16.2. The summed E-state index contributed by atoms with van der Waals surface area (Å²) in [6.07, 6.45) is 0. The molecule has 6 heteroatoms. The van der Waals surface area contributed by atoms with Gasteiger partial charge in [-0.2, -0.15) is 0 Å². The molecule has 0 saturated heterocycles. The van der Waals surface area contributed by atoms with Crippen LogP contribution >= 0.6 is 0 Å². The molecule has 0 saturated carbocycles. The van der Waals surface area contributed by atoms with Gasteiger partial charge >= 0.3 is 6.03 Å². The number of aryl methyl sites for hydroxylation is 1. The molecule has 1 aliphatic rings. The molecule has 0 fully saturated rings. The summed E-state index contributed by atoms with van der Waals surface area (Å²) in [5.74, 6) is 0.662. The minimum absolute atomic E-state index is 0.0787. The highest BCUT2D eigenvalue weighted by Gasteiger charge is 2.20. The fraction of sp³-hybridized carbons (Fsp3) is 0.200. The molecule has 4 rings (SSSR count). The molecule has 3 amide bonds. The topological polar surface area (TPSA) is 83.4 Å². The van der Waals surface area contributed by atoms with Crippen LogP contribution in [0.1, 0.15) is 40.2 Å². The van der Waals surface area contributed by atoms with E-state index in [2.05, 4.69) is 16.0 Å². The second kappa shape index (κ2) is 6.22. The summed E-state index contributed by atoms with van der Waals surface area (Å²) >= 11 is 0. The zero-order chi connectivity index (χ0) is 18.3. The van der Waals surface area contributed by atoms with Gasteiger partial charge < -0.3 is 20.4 Å². The summed E-state index contributed by atoms with van der Waals surface area (Å²) in [6, 6.07) is 12.5. The Morgan fingerprint density at radius 2 is 2.04 bits per heavy atom. The van der Waals surface area contributed by atoms with Gasteiger partial charge in [-0.05, 0) is 43.7 Å². The largest absolute Gasteiger partial charge is 0.459 e. The standard InChI is InChI=1S/C20H19N3O3/c1-11-15-5-3-4-6-17(15)26-18(11)12(2)22-20(25)23-14-7-8-16-13(9-14)10-21-19(16)24/h3-9,12H,10H2,1-2H3,(H,21,24)(H2,22,23,25). The molecule has 6 nitrogen and oxygen atoms in total. The molecule has 3 N–H and O–H groups in total. The van der Waals surface area contributed by atoms with Gasteiger partial charge in [-0.25, -0.2) is 4.79 Å². The number of furan rings is 1. The van der Waals surface area contributed by atoms with Crippen LogP contribution in [0.2, 0.25) is 0 Å². The van der Waals surface area contributed by atoms with Crippen LogP contribution in [-0.4, -0.2) is 11.9 Å². The second-order valence-corrected chi connectivity index (χ2v) is 6.46. The third-order valence-corrected chi connectivity index (χ3v) is 4.67. The van der Waals surface area contributed by atoms with E-state index < -0.39 is 0 Å². The zero-order valence-corrected chi connectivity index (χ0v) is 14.6. The van der Waals surface area contributed by atoms with Crippen LogP contribution in [0.5, 0.6) is 0 Å². The van der Waals surface area contributed by atoms with Crippen molar-refractivity contribution in [2.75, 3.05) is 5.32 Å². The summed E-state index contributed by atoms with van der Waals surface area (Å²) < 4.78 is 5.90. The van der Waals surface area contributed by atoms with E-state index in [1.165, 1.54) is 0 Å². The molecule has 1 aliphatic heterocycles. The summed E-state index contributed by atoms with van der Waals surface area (Å²) in [7, 11) is 0. The van der Waals surface area contributed by atoms with Crippen molar-refractivity contribution in [3.8, 4) is 0 Å². The maximum Gasteiger partial charge on any atom is 0.319 e. The first-order chi connectivity index (χ1) is 12.5. The van der Waals surface area contributed by atoms with E-state index in [0.29, 0.717) is 17.8 Å². The normalized spacial score (nSPS) is 14.0. The third-order valence-electron chi connectivity index (χ3n) is 4.67. The van der Waals surface area contributed by atoms with Crippen molar-refractivity contribution in [2.24, 2.45) is 0 Å². The molecular formula is C20H19N3O3. The van der Waals surface area contributed by atoms with Gasteiger partial charge in [-0.1, -0.05) is 18.2 Å². The Morgan fingerprint density at radius 1 is 1.23 bits per heavy atom. The number of hydrogen-bond donors (Lipinski definition) is 3. The van der Waals surface area contributed by atoms with Gasteiger partial charge in [0.1, 0.15) is 11.3 Å². The van der Waals surface area contributed by atoms with Gasteiger partial charge in [0.05, 0.1) is 6.04 Å². The van der Waals surface area contributed by atoms with Crippen molar-refractivity contribution in [1.29, 1.82) is 0 Å². The number of amides is 3. The highest BCUT2D eigenvalue weighted by atomic mass is 16.3. The Kier molecular flexibility index (Phi) is 3.88. The number of para-hydroxylation sites is 1. The highest BCUT2D eigenvalue weighted by Crippen LogP contribution is 2.29. The van der Waals surface area contributed by atoms with Crippen molar-refractivity contribution in [1.82, 2.24) is 10.6 Å². The lowest BCUT2D eigenvalue weighted by atomic mass is 10.1. The SMILES string of the molecule is Cc1c(C(C)NC(=O)Nc2ccc3c(c2)CNC3=O)oc2ccccc12. The van der Waals surface area contributed by atoms with Gasteiger partial charge in [0.25, 0.3) is 5.91 Å². The maximum absolute atomic E-state index is 12.3. The zero-order valence-electron chi connectivity index (χ0n) is 14.6. The summed E-state index contributed by atoms with van der Waals surface area (Å²) in [5, 5.41) is 9.51. The lowest BCUT2D eigenvalue weighted by molar-refractivity contribution is 0.0965. The van der Waals surface area contributed by atoms with Crippen LogP contribution in [0.15, 0.2) is 46.9 Å². The average molecular weight is 349 g/mol. The van der Waals surface area contributed by atoms with Crippen LogP contribution < -0.4 is 16.0 Å². The molecule has 1 atom stereocenters. The van der Waals surface area contributed by atoms with Gasteiger partial charge in [-0.15, -0.1) is 0 Å². The number of nitrogens with one attached hydrogen (secondary N) is 3. The van der Waals surface area contributed by atoms with Crippen LogP contribution in [0.4, 0.5) is 10.5 Å². The lowest BCUT2D eigenvalue weighted by Crippen LogP contribution is -2.31. The molecule has 132 valence electrons. The Morgan fingerprint density at radius 3 is 2.85 bits per heavy atom. The smallest absolute Gasteiger partial charge is 0.319 e. The predicted octanol–water partition coefficient (Wildman–Crippen LogP) is 3.87. The summed E-state index contributed by atoms with van der Waals surface area (Å²) in [6.45, 7) is 4.36. The second-order valence-electron chi connectivity index (χ2n) is 6.46. The van der Waals surface area contributed by atoms with E-state index in [-0.39, 0.29) is 18.0 Å². The Bertz CT molecular complexity index is 1020. The molecular weight excluding hydrogens is 330 g/mol. The van der Waals surface area contributed by atoms with Crippen molar-refractivity contribution in [3.05, 3.63) is 64.9 Å². The van der Waals surface area contributed by atoms with E-state index in [9.17, 15) is 9.59 Å². The van der Waals surface area contributed by atoms with Crippen molar-refractivity contribution >= 4 is 28.6 Å². The van der Waals surface area contributed by atoms with E-state index >= 15 is 0 Å². The van der Waals surface area contributed by atoms with Crippen molar-refractivity contribution in [2.45, 2.75) is 26.4 Å². The van der Waals surface area contributed by atoms with Crippen LogP contribution in [0.25, 0.3) is 11.0 Å². The summed E-state index contributed by atoms with van der Waals surface area (Å²) in [5.41, 5.74) is 4.02. The number of anilines is 1. The number of urea groups is 1. The molecule has 0 aliphatic carbocycles. The molecule has 1 unspecified atom stereocenters. The van der Waals surface area contributed by atoms with Gasteiger partial charge in [0.15, 0.2) is 0 Å². The number of benzene rings is 2. The fourth-order valence-electron chi connectivity index (χ4n) is 3.35. The fourth-order valence-corrected chi connectivity index (χ4v) is 3.35. The molecule has 0 radical (unpaired) electrons. The van der Waals surface area contributed by atoms with Gasteiger partial charge in [-0.3, -0.25) is 4.79 Å². The number of carbonyl (C=O) groups is 2. The Hall–Kier alpha value is -3.28. The van der Waals surface area contributed by atoms with Crippen molar-refractivity contribution < 1.29 is 14.0 Å². The average Bonchev–Trinajstić information content (AvgIpc) is 3.16. The first-order valence-corrected chi connectivity index (χ1v) is 8.49. The quantitative estimate of drug-likeness (QED) is 0.671. The Labute approximate surface area is 150 Å². The van der Waals surface area contributed by atoms with Crippen LogP contribution in [0, 0.1) is 6.92 Å². The predicted molar refractivity (Wildman–Crippen MR) is 99.1 cm³/mol. The number of hydrogen-bond acceptors (Lipinski definition) is 3. The monoisotopic (exact) mass is 349 g/mol. The molecule has 0 bridgehead atoms. The number of carbonyl (C=O) groups excluding carboxylic acids is 2. The number of rotatable bonds is 3. The minimum atomic E-state index is -0.324. The van der Waals surface area contributed by atoms with E-state index in [1.807, 2.05) is 44.2 Å². The van der Waals surface area contributed by atoms with E-state index in [4.69, 9.17) is 4.42 Å². The highest BCUT2D eigenvalue weighted by molar-refractivity contribution is 5.99. The summed E-state index contributed by atoms with van der Waals surface area (Å²) in [4.78, 5) is 23.9.